The lowest BCUT2D eigenvalue weighted by Gasteiger charge is -2.21. The van der Waals surface area contributed by atoms with E-state index in [1.807, 2.05) is 30.3 Å². The van der Waals surface area contributed by atoms with E-state index in [-0.39, 0.29) is 5.56 Å². The number of carboxylic acids is 1. The van der Waals surface area contributed by atoms with Crippen molar-refractivity contribution in [1.29, 1.82) is 0 Å². The zero-order chi connectivity index (χ0) is 15.6. The number of carbonyl (C=O) groups is 2. The summed E-state index contributed by atoms with van der Waals surface area (Å²) in [4.78, 5) is 23.5. The molecule has 0 spiro atoms. The van der Waals surface area contributed by atoms with Gasteiger partial charge in [0.1, 0.15) is 0 Å². The molecule has 0 saturated carbocycles. The second-order valence-corrected chi connectivity index (χ2v) is 4.80. The normalized spacial score (nSPS) is 12.0. The van der Waals surface area contributed by atoms with Crippen LogP contribution in [-0.4, -0.2) is 28.7 Å². The summed E-state index contributed by atoms with van der Waals surface area (Å²) in [5.74, 6) is -1.44. The molecule has 1 aromatic carbocycles. The van der Waals surface area contributed by atoms with Crippen molar-refractivity contribution in [1.82, 2.24) is 4.57 Å². The van der Waals surface area contributed by atoms with Crippen LogP contribution >= 0.6 is 0 Å². The van der Waals surface area contributed by atoms with Gasteiger partial charge in [0.15, 0.2) is 6.04 Å². The molecule has 2 rings (SSSR count). The van der Waals surface area contributed by atoms with Crippen LogP contribution in [0, 0.1) is 13.8 Å². The fraction of sp³-hybridized carbons (Fsp3) is 0.250. The van der Waals surface area contributed by atoms with Crippen molar-refractivity contribution in [2.45, 2.75) is 19.9 Å². The first-order valence-electron chi connectivity index (χ1n) is 6.52. The summed E-state index contributed by atoms with van der Waals surface area (Å²) in [6.45, 7) is 3.47. The predicted octanol–water partition coefficient (Wildman–Crippen LogP) is 2.57. The van der Waals surface area contributed by atoms with Gasteiger partial charge >= 0.3 is 11.9 Å². The number of aryl methyl sites for hydroxylation is 1. The van der Waals surface area contributed by atoms with Crippen LogP contribution in [-0.2, 0) is 9.53 Å². The third kappa shape index (κ3) is 2.67. The van der Waals surface area contributed by atoms with Crippen LogP contribution in [0.2, 0.25) is 0 Å². The van der Waals surface area contributed by atoms with E-state index in [1.165, 1.54) is 7.11 Å². The highest BCUT2D eigenvalue weighted by atomic mass is 16.5. The Bertz CT molecular complexity index is 673. The average Bonchev–Trinajstić information content (AvgIpc) is 2.77. The summed E-state index contributed by atoms with van der Waals surface area (Å²) in [5, 5.41) is 9.22. The summed E-state index contributed by atoms with van der Waals surface area (Å²) < 4.78 is 6.59. The summed E-state index contributed by atoms with van der Waals surface area (Å²) in [7, 11) is 1.32. The van der Waals surface area contributed by atoms with Crippen molar-refractivity contribution in [2.24, 2.45) is 0 Å². The number of aromatic nitrogens is 1. The minimum Gasteiger partial charge on any atom is -0.478 e. The lowest BCUT2D eigenvalue weighted by molar-refractivity contribution is -0.143. The molecule has 0 aliphatic heterocycles. The highest BCUT2D eigenvalue weighted by Gasteiger charge is 2.28. The number of carbonyl (C=O) groups excluding carboxylic acids is 1. The highest BCUT2D eigenvalue weighted by molar-refractivity contribution is 5.90. The van der Waals surface area contributed by atoms with E-state index in [0.29, 0.717) is 11.4 Å². The minimum atomic E-state index is -1.01. The van der Waals surface area contributed by atoms with Crippen LogP contribution in [0.3, 0.4) is 0 Å². The molecule has 0 amide bonds. The van der Waals surface area contributed by atoms with Gasteiger partial charge in [0.2, 0.25) is 0 Å². The van der Waals surface area contributed by atoms with Crippen molar-refractivity contribution < 1.29 is 19.4 Å². The number of methoxy groups -OCH3 is 1. The lowest BCUT2D eigenvalue weighted by Crippen LogP contribution is -2.24. The summed E-state index contributed by atoms with van der Waals surface area (Å²) in [6.07, 6.45) is 0. The lowest BCUT2D eigenvalue weighted by atomic mass is 10.1. The maximum absolute atomic E-state index is 12.2. The van der Waals surface area contributed by atoms with E-state index in [4.69, 9.17) is 4.74 Å². The maximum Gasteiger partial charge on any atom is 0.337 e. The Hall–Kier alpha value is -2.56. The molecule has 1 N–H and O–H groups in total. The van der Waals surface area contributed by atoms with E-state index in [0.717, 1.165) is 5.56 Å². The van der Waals surface area contributed by atoms with Gasteiger partial charge < -0.3 is 14.4 Å². The zero-order valence-electron chi connectivity index (χ0n) is 12.2. The van der Waals surface area contributed by atoms with Gasteiger partial charge in [0.25, 0.3) is 0 Å². The van der Waals surface area contributed by atoms with E-state index < -0.39 is 18.0 Å². The van der Waals surface area contributed by atoms with Crippen LogP contribution in [0.5, 0.6) is 0 Å². The van der Waals surface area contributed by atoms with Gasteiger partial charge in [-0.1, -0.05) is 30.3 Å². The van der Waals surface area contributed by atoms with E-state index in [1.54, 1.807) is 24.5 Å². The molecule has 1 atom stereocenters. The van der Waals surface area contributed by atoms with E-state index in [2.05, 4.69) is 0 Å². The molecule has 5 heteroatoms. The highest BCUT2D eigenvalue weighted by Crippen LogP contribution is 2.27. The molecule has 0 fully saturated rings. The number of carboxylic acid groups (broad SMARTS) is 1. The Kier molecular flexibility index (Phi) is 4.12. The predicted molar refractivity (Wildman–Crippen MR) is 77.5 cm³/mol. The Morgan fingerprint density at radius 2 is 1.81 bits per heavy atom. The Balaban J connectivity index is 2.63. The molecule has 0 aliphatic rings. The fourth-order valence-corrected chi connectivity index (χ4v) is 2.53. The third-order valence-corrected chi connectivity index (χ3v) is 3.51. The summed E-state index contributed by atoms with van der Waals surface area (Å²) in [5.41, 5.74) is 2.17. The smallest absolute Gasteiger partial charge is 0.337 e. The number of rotatable bonds is 4. The van der Waals surface area contributed by atoms with Crippen molar-refractivity contribution in [3.8, 4) is 0 Å². The molecule has 5 nitrogen and oxygen atoms in total. The van der Waals surface area contributed by atoms with Crippen LogP contribution < -0.4 is 0 Å². The van der Waals surface area contributed by atoms with Crippen molar-refractivity contribution in [3.05, 3.63) is 58.9 Å². The monoisotopic (exact) mass is 287 g/mol. The SMILES string of the molecule is COC(=O)C(c1ccccc1)n1c(C)cc(C(=O)O)c1C. The second kappa shape index (κ2) is 5.83. The molecule has 1 unspecified atom stereocenters. The van der Waals surface area contributed by atoms with Crippen molar-refractivity contribution >= 4 is 11.9 Å². The van der Waals surface area contributed by atoms with Crippen LogP contribution in [0.15, 0.2) is 36.4 Å². The number of hydrogen-bond acceptors (Lipinski definition) is 3. The molecule has 0 aliphatic carbocycles. The van der Waals surface area contributed by atoms with Gasteiger partial charge in [0.05, 0.1) is 12.7 Å². The number of aromatic carboxylic acids is 1. The fourth-order valence-electron chi connectivity index (χ4n) is 2.53. The topological polar surface area (TPSA) is 68.5 Å². The van der Waals surface area contributed by atoms with Crippen molar-refractivity contribution in [2.75, 3.05) is 7.11 Å². The number of esters is 1. The molecule has 0 bridgehead atoms. The number of ether oxygens (including phenoxy) is 1. The first-order valence-corrected chi connectivity index (χ1v) is 6.52. The second-order valence-electron chi connectivity index (χ2n) is 4.80. The molecular weight excluding hydrogens is 270 g/mol. The first kappa shape index (κ1) is 14.8. The van der Waals surface area contributed by atoms with Gasteiger partial charge in [-0.2, -0.15) is 0 Å². The molecule has 1 aromatic heterocycles. The quantitative estimate of drug-likeness (QED) is 0.877. The molecule has 1 heterocycles. The molecule has 2 aromatic rings. The minimum absolute atomic E-state index is 0.192. The Labute approximate surface area is 122 Å². The standard InChI is InChI=1S/C16H17NO4/c1-10-9-13(15(18)19)11(2)17(10)14(16(20)21-3)12-7-5-4-6-8-12/h4-9,14H,1-3H3,(H,18,19). The largest absolute Gasteiger partial charge is 0.478 e. The number of nitrogens with zero attached hydrogens (tertiary/aromatic N) is 1. The first-order chi connectivity index (χ1) is 9.97. The van der Waals surface area contributed by atoms with Crippen molar-refractivity contribution in [3.63, 3.8) is 0 Å². The van der Waals surface area contributed by atoms with E-state index >= 15 is 0 Å². The molecular formula is C16H17NO4. The van der Waals surface area contributed by atoms with Crippen LogP contribution in [0.25, 0.3) is 0 Å². The molecule has 0 radical (unpaired) electrons. The summed E-state index contributed by atoms with van der Waals surface area (Å²) in [6, 6.07) is 10.0. The zero-order valence-corrected chi connectivity index (χ0v) is 12.2. The molecule has 110 valence electrons. The van der Waals surface area contributed by atoms with Gasteiger partial charge in [0, 0.05) is 11.4 Å². The summed E-state index contributed by atoms with van der Waals surface area (Å²) >= 11 is 0. The maximum atomic E-state index is 12.2. The van der Waals surface area contributed by atoms with Crippen LogP contribution in [0.4, 0.5) is 0 Å². The Morgan fingerprint density at radius 3 is 2.29 bits per heavy atom. The average molecular weight is 287 g/mol. The van der Waals surface area contributed by atoms with Gasteiger partial charge in [-0.25, -0.2) is 9.59 Å². The number of hydrogen-bond donors (Lipinski definition) is 1. The van der Waals surface area contributed by atoms with Gasteiger partial charge in [-0.3, -0.25) is 0 Å². The van der Waals surface area contributed by atoms with Crippen LogP contribution in [0.1, 0.15) is 33.4 Å². The molecule has 21 heavy (non-hydrogen) atoms. The van der Waals surface area contributed by atoms with E-state index in [9.17, 15) is 14.7 Å². The van der Waals surface area contributed by atoms with Gasteiger partial charge in [-0.05, 0) is 25.5 Å². The third-order valence-electron chi connectivity index (χ3n) is 3.51. The number of benzene rings is 1. The Morgan fingerprint density at radius 1 is 1.19 bits per heavy atom. The van der Waals surface area contributed by atoms with Gasteiger partial charge in [-0.15, -0.1) is 0 Å². The molecule has 0 saturated heterocycles.